The molecule has 2 N–H and O–H groups in total. The van der Waals surface area contributed by atoms with Gasteiger partial charge in [-0.3, -0.25) is 0 Å². The van der Waals surface area contributed by atoms with E-state index in [1.54, 1.807) is 0 Å². The molecule has 0 radical (unpaired) electrons. The molecule has 0 atom stereocenters. The van der Waals surface area contributed by atoms with E-state index in [2.05, 4.69) is 17.1 Å². The standard InChI is InChI=1S/C15H31N3O2/c1-4-17-9-6-10-18(12-11-17)14(20)16-8-5-7-15(2,3)13-19/h19H,4-13H2,1-3H3,(H,16,20). The summed E-state index contributed by atoms with van der Waals surface area (Å²) in [5.41, 5.74) is -0.0467. The van der Waals surface area contributed by atoms with E-state index in [9.17, 15) is 9.90 Å². The minimum Gasteiger partial charge on any atom is -0.396 e. The van der Waals surface area contributed by atoms with Crippen LogP contribution in [0.3, 0.4) is 0 Å². The van der Waals surface area contributed by atoms with Gasteiger partial charge in [0.15, 0.2) is 0 Å². The molecule has 0 aromatic rings. The summed E-state index contributed by atoms with van der Waals surface area (Å²) in [6.45, 7) is 11.9. The molecule has 1 fully saturated rings. The maximum absolute atomic E-state index is 12.1. The number of carbonyl (C=O) groups excluding carboxylic acids is 1. The lowest BCUT2D eigenvalue weighted by Gasteiger charge is -2.23. The van der Waals surface area contributed by atoms with Gasteiger partial charge in [0, 0.05) is 32.8 Å². The van der Waals surface area contributed by atoms with E-state index in [1.807, 2.05) is 18.7 Å². The average molecular weight is 285 g/mol. The summed E-state index contributed by atoms with van der Waals surface area (Å²) in [6, 6.07) is 0.0600. The zero-order chi connectivity index (χ0) is 15.0. The number of carbonyl (C=O) groups is 1. The lowest BCUT2D eigenvalue weighted by molar-refractivity contribution is 0.147. The van der Waals surface area contributed by atoms with Crippen molar-refractivity contribution in [2.45, 2.75) is 40.0 Å². The van der Waals surface area contributed by atoms with Crippen LogP contribution in [-0.2, 0) is 0 Å². The molecule has 1 rings (SSSR count). The van der Waals surface area contributed by atoms with Gasteiger partial charge in [0.2, 0.25) is 0 Å². The molecular weight excluding hydrogens is 254 g/mol. The minimum atomic E-state index is -0.0467. The highest BCUT2D eigenvalue weighted by Gasteiger charge is 2.19. The van der Waals surface area contributed by atoms with E-state index in [0.29, 0.717) is 6.54 Å². The molecule has 2 amide bonds. The molecule has 0 spiro atoms. The van der Waals surface area contributed by atoms with Gasteiger partial charge in [-0.1, -0.05) is 20.8 Å². The first-order chi connectivity index (χ1) is 9.48. The molecule has 0 aromatic carbocycles. The molecule has 118 valence electrons. The second-order valence-electron chi connectivity index (χ2n) is 6.43. The van der Waals surface area contributed by atoms with Crippen molar-refractivity contribution >= 4 is 6.03 Å². The van der Waals surface area contributed by atoms with Gasteiger partial charge in [-0.05, 0) is 37.8 Å². The van der Waals surface area contributed by atoms with Gasteiger partial charge in [-0.25, -0.2) is 4.79 Å². The lowest BCUT2D eigenvalue weighted by Crippen LogP contribution is -2.42. The molecule has 0 saturated carbocycles. The van der Waals surface area contributed by atoms with Crippen molar-refractivity contribution in [1.29, 1.82) is 0 Å². The Morgan fingerprint density at radius 2 is 2.00 bits per heavy atom. The minimum absolute atomic E-state index is 0.0467. The molecule has 0 aromatic heterocycles. The number of hydrogen-bond acceptors (Lipinski definition) is 3. The Balaban J connectivity index is 2.22. The normalized spacial score (nSPS) is 17.9. The molecule has 0 bridgehead atoms. The van der Waals surface area contributed by atoms with Crippen LogP contribution in [0.15, 0.2) is 0 Å². The number of likely N-dealkylation sites (N-methyl/N-ethyl adjacent to an activating group) is 1. The Bertz CT molecular complexity index is 295. The molecule has 5 nitrogen and oxygen atoms in total. The summed E-state index contributed by atoms with van der Waals surface area (Å²) < 4.78 is 0. The molecule has 5 heteroatoms. The van der Waals surface area contributed by atoms with Crippen molar-refractivity contribution in [3.63, 3.8) is 0 Å². The largest absolute Gasteiger partial charge is 0.396 e. The molecule has 20 heavy (non-hydrogen) atoms. The number of hydrogen-bond donors (Lipinski definition) is 2. The first kappa shape index (κ1) is 17.2. The van der Waals surface area contributed by atoms with E-state index >= 15 is 0 Å². The van der Waals surface area contributed by atoms with Gasteiger partial charge < -0.3 is 20.2 Å². The predicted molar refractivity (Wildman–Crippen MR) is 81.8 cm³/mol. The van der Waals surface area contributed by atoms with Gasteiger partial charge in [-0.15, -0.1) is 0 Å². The lowest BCUT2D eigenvalue weighted by atomic mass is 9.89. The van der Waals surface area contributed by atoms with Crippen molar-refractivity contribution in [1.82, 2.24) is 15.1 Å². The van der Waals surface area contributed by atoms with Crippen LogP contribution in [0.4, 0.5) is 4.79 Å². The summed E-state index contributed by atoms with van der Waals surface area (Å²) >= 11 is 0. The average Bonchev–Trinajstić information content (AvgIpc) is 2.68. The zero-order valence-corrected chi connectivity index (χ0v) is 13.3. The van der Waals surface area contributed by atoms with Gasteiger partial charge in [0.25, 0.3) is 0 Å². The fourth-order valence-electron chi connectivity index (χ4n) is 2.44. The Labute approximate surface area is 123 Å². The van der Waals surface area contributed by atoms with Gasteiger partial charge in [-0.2, -0.15) is 0 Å². The topological polar surface area (TPSA) is 55.8 Å². The number of amides is 2. The first-order valence-electron chi connectivity index (χ1n) is 7.84. The molecule has 1 aliphatic rings. The highest BCUT2D eigenvalue weighted by Crippen LogP contribution is 2.20. The van der Waals surface area contributed by atoms with E-state index in [4.69, 9.17) is 0 Å². The first-order valence-corrected chi connectivity index (χ1v) is 7.84. The SMILES string of the molecule is CCN1CCCN(C(=O)NCCCC(C)(C)CO)CC1. The quantitative estimate of drug-likeness (QED) is 0.728. The zero-order valence-electron chi connectivity index (χ0n) is 13.3. The maximum Gasteiger partial charge on any atom is 0.317 e. The molecule has 1 aliphatic heterocycles. The Kier molecular flexibility index (Phi) is 7.30. The Morgan fingerprint density at radius 1 is 1.25 bits per heavy atom. The van der Waals surface area contributed by atoms with Crippen LogP contribution in [0.1, 0.15) is 40.0 Å². The van der Waals surface area contributed by atoms with Crippen LogP contribution in [0, 0.1) is 5.41 Å². The third-order valence-electron chi connectivity index (χ3n) is 4.06. The van der Waals surface area contributed by atoms with E-state index < -0.39 is 0 Å². The second-order valence-corrected chi connectivity index (χ2v) is 6.43. The van der Waals surface area contributed by atoms with Crippen LogP contribution >= 0.6 is 0 Å². The summed E-state index contributed by atoms with van der Waals surface area (Å²) in [6.07, 6.45) is 2.89. The third kappa shape index (κ3) is 6.09. The number of nitrogens with zero attached hydrogens (tertiary/aromatic N) is 2. The fraction of sp³-hybridized carbons (Fsp3) is 0.933. The van der Waals surface area contributed by atoms with E-state index in [0.717, 1.165) is 52.0 Å². The number of aliphatic hydroxyl groups is 1. The maximum atomic E-state index is 12.1. The Morgan fingerprint density at radius 3 is 2.65 bits per heavy atom. The van der Waals surface area contributed by atoms with Crippen molar-refractivity contribution < 1.29 is 9.90 Å². The molecule has 1 saturated heterocycles. The van der Waals surface area contributed by atoms with E-state index in [1.165, 1.54) is 0 Å². The number of urea groups is 1. The monoisotopic (exact) mass is 285 g/mol. The number of rotatable bonds is 6. The van der Waals surface area contributed by atoms with E-state index in [-0.39, 0.29) is 18.1 Å². The number of nitrogens with one attached hydrogen (secondary N) is 1. The highest BCUT2D eigenvalue weighted by atomic mass is 16.3. The van der Waals surface area contributed by atoms with Crippen molar-refractivity contribution in [2.75, 3.05) is 45.9 Å². The second kappa shape index (κ2) is 8.47. The molecule has 0 unspecified atom stereocenters. The summed E-state index contributed by atoms with van der Waals surface area (Å²) in [5, 5.41) is 12.2. The molecule has 0 aliphatic carbocycles. The van der Waals surface area contributed by atoms with Crippen LogP contribution in [-0.4, -0.2) is 66.8 Å². The number of aliphatic hydroxyl groups excluding tert-OH is 1. The van der Waals surface area contributed by atoms with Gasteiger partial charge >= 0.3 is 6.03 Å². The molecular formula is C15H31N3O2. The van der Waals surface area contributed by atoms with Crippen molar-refractivity contribution in [3.8, 4) is 0 Å². The predicted octanol–water partition coefficient (Wildman–Crippen LogP) is 1.52. The van der Waals surface area contributed by atoms with Crippen LogP contribution in [0.2, 0.25) is 0 Å². The van der Waals surface area contributed by atoms with Gasteiger partial charge in [0.05, 0.1) is 0 Å². The van der Waals surface area contributed by atoms with Gasteiger partial charge in [0.1, 0.15) is 0 Å². The summed E-state index contributed by atoms with van der Waals surface area (Å²) in [4.78, 5) is 16.4. The van der Waals surface area contributed by atoms with Crippen LogP contribution in [0.5, 0.6) is 0 Å². The molecule has 1 heterocycles. The highest BCUT2D eigenvalue weighted by molar-refractivity contribution is 5.74. The van der Waals surface area contributed by atoms with Crippen molar-refractivity contribution in [3.05, 3.63) is 0 Å². The van der Waals surface area contributed by atoms with Crippen LogP contribution in [0.25, 0.3) is 0 Å². The van der Waals surface area contributed by atoms with Crippen molar-refractivity contribution in [2.24, 2.45) is 5.41 Å². The Hall–Kier alpha value is -0.810. The smallest absolute Gasteiger partial charge is 0.317 e. The van der Waals surface area contributed by atoms with Crippen LogP contribution < -0.4 is 5.32 Å². The summed E-state index contributed by atoms with van der Waals surface area (Å²) in [5.74, 6) is 0. The fourth-order valence-corrected chi connectivity index (χ4v) is 2.44. The third-order valence-corrected chi connectivity index (χ3v) is 4.06. The summed E-state index contributed by atoms with van der Waals surface area (Å²) in [7, 11) is 0.